The average Bonchev–Trinajstić information content (AvgIpc) is 3.06. The zero-order valence-electron chi connectivity index (χ0n) is 13.4. The van der Waals surface area contributed by atoms with Crippen LogP contribution in [0.4, 0.5) is 0 Å². The highest BCUT2D eigenvalue weighted by atomic mass is 16.5. The van der Waals surface area contributed by atoms with Crippen molar-refractivity contribution in [2.75, 3.05) is 19.7 Å². The van der Waals surface area contributed by atoms with Gasteiger partial charge in [0, 0.05) is 25.2 Å². The van der Waals surface area contributed by atoms with Crippen LogP contribution in [0.2, 0.25) is 0 Å². The number of morpholine rings is 1. The smallest absolute Gasteiger partial charge is 0.226 e. The SMILES string of the molecule is CCc1nc(CN2CCO[C@@H](Cn3nc(C)cc3C)C2)no1. The van der Waals surface area contributed by atoms with Crippen molar-refractivity contribution in [2.45, 2.75) is 46.4 Å². The summed E-state index contributed by atoms with van der Waals surface area (Å²) in [5.41, 5.74) is 2.22. The van der Waals surface area contributed by atoms with Crippen molar-refractivity contribution in [3.05, 3.63) is 29.2 Å². The van der Waals surface area contributed by atoms with E-state index in [2.05, 4.69) is 33.1 Å². The van der Waals surface area contributed by atoms with E-state index < -0.39 is 0 Å². The molecule has 120 valence electrons. The van der Waals surface area contributed by atoms with E-state index in [1.165, 1.54) is 5.69 Å². The quantitative estimate of drug-likeness (QED) is 0.830. The molecule has 0 aromatic carbocycles. The summed E-state index contributed by atoms with van der Waals surface area (Å²) < 4.78 is 13.1. The molecule has 2 aromatic rings. The first-order valence-electron chi connectivity index (χ1n) is 7.80. The molecule has 0 unspecified atom stereocenters. The molecule has 1 atom stereocenters. The minimum Gasteiger partial charge on any atom is -0.374 e. The summed E-state index contributed by atoms with van der Waals surface area (Å²) in [6, 6.07) is 2.09. The van der Waals surface area contributed by atoms with Crippen LogP contribution in [-0.4, -0.2) is 50.6 Å². The van der Waals surface area contributed by atoms with Gasteiger partial charge in [-0.3, -0.25) is 9.58 Å². The predicted octanol–water partition coefficient (Wildman–Crippen LogP) is 1.35. The summed E-state index contributed by atoms with van der Waals surface area (Å²) in [7, 11) is 0. The Morgan fingerprint density at radius 2 is 2.23 bits per heavy atom. The Labute approximate surface area is 130 Å². The standard InChI is InChI=1S/C15H23N5O2/c1-4-15-16-14(18-22-15)10-19-5-6-21-13(8-19)9-20-12(3)7-11(2)17-20/h7,13H,4-6,8-10H2,1-3H3/t13-/m1/s1. The molecule has 7 nitrogen and oxygen atoms in total. The number of aromatic nitrogens is 4. The van der Waals surface area contributed by atoms with E-state index in [0.29, 0.717) is 12.4 Å². The molecular formula is C15H23N5O2. The van der Waals surface area contributed by atoms with Gasteiger partial charge in [0.1, 0.15) is 0 Å². The number of aryl methyl sites for hydroxylation is 3. The zero-order chi connectivity index (χ0) is 15.5. The molecule has 0 bridgehead atoms. The van der Waals surface area contributed by atoms with E-state index in [1.807, 2.05) is 18.5 Å². The third kappa shape index (κ3) is 3.53. The van der Waals surface area contributed by atoms with Gasteiger partial charge in [-0.15, -0.1) is 0 Å². The second-order valence-corrected chi connectivity index (χ2v) is 5.80. The van der Waals surface area contributed by atoms with E-state index in [-0.39, 0.29) is 6.10 Å². The first-order chi connectivity index (χ1) is 10.6. The van der Waals surface area contributed by atoms with E-state index in [4.69, 9.17) is 9.26 Å². The third-order valence-electron chi connectivity index (χ3n) is 3.88. The Balaban J connectivity index is 1.58. The fraction of sp³-hybridized carbons (Fsp3) is 0.667. The van der Waals surface area contributed by atoms with Crippen molar-refractivity contribution in [1.29, 1.82) is 0 Å². The van der Waals surface area contributed by atoms with Crippen molar-refractivity contribution in [1.82, 2.24) is 24.8 Å². The van der Waals surface area contributed by atoms with Gasteiger partial charge in [0.25, 0.3) is 0 Å². The van der Waals surface area contributed by atoms with Crippen LogP contribution in [0.3, 0.4) is 0 Å². The number of hydrogen-bond acceptors (Lipinski definition) is 6. The summed E-state index contributed by atoms with van der Waals surface area (Å²) in [6.07, 6.45) is 0.917. The molecule has 3 rings (SSSR count). The highest BCUT2D eigenvalue weighted by Crippen LogP contribution is 2.12. The normalized spacial score (nSPS) is 19.7. The highest BCUT2D eigenvalue weighted by Gasteiger charge is 2.23. The third-order valence-corrected chi connectivity index (χ3v) is 3.88. The van der Waals surface area contributed by atoms with Crippen molar-refractivity contribution < 1.29 is 9.26 Å². The molecule has 0 amide bonds. The van der Waals surface area contributed by atoms with Crippen molar-refractivity contribution in [3.63, 3.8) is 0 Å². The molecule has 0 radical (unpaired) electrons. The van der Waals surface area contributed by atoms with Gasteiger partial charge < -0.3 is 9.26 Å². The van der Waals surface area contributed by atoms with Gasteiger partial charge in [-0.05, 0) is 19.9 Å². The predicted molar refractivity (Wildman–Crippen MR) is 80.4 cm³/mol. The van der Waals surface area contributed by atoms with E-state index >= 15 is 0 Å². The molecule has 1 aliphatic rings. The highest BCUT2D eigenvalue weighted by molar-refractivity contribution is 5.06. The first kappa shape index (κ1) is 15.2. The summed E-state index contributed by atoms with van der Waals surface area (Å²) in [6.45, 7) is 10.1. The minimum atomic E-state index is 0.143. The lowest BCUT2D eigenvalue weighted by Gasteiger charge is -2.32. The molecule has 0 N–H and O–H groups in total. The first-order valence-corrected chi connectivity index (χ1v) is 7.80. The van der Waals surface area contributed by atoms with Gasteiger partial charge in [0.15, 0.2) is 5.82 Å². The summed E-state index contributed by atoms with van der Waals surface area (Å²) in [4.78, 5) is 6.68. The van der Waals surface area contributed by atoms with Gasteiger partial charge in [0.05, 0.1) is 31.5 Å². The molecule has 0 spiro atoms. The number of hydrogen-bond donors (Lipinski definition) is 0. The van der Waals surface area contributed by atoms with E-state index in [0.717, 1.165) is 44.2 Å². The van der Waals surface area contributed by atoms with Gasteiger partial charge in [-0.1, -0.05) is 12.1 Å². The molecule has 0 saturated carbocycles. The van der Waals surface area contributed by atoms with Gasteiger partial charge in [-0.25, -0.2) is 0 Å². The Bertz CT molecular complexity index is 621. The minimum absolute atomic E-state index is 0.143. The lowest BCUT2D eigenvalue weighted by atomic mass is 10.2. The Morgan fingerprint density at radius 1 is 1.36 bits per heavy atom. The van der Waals surface area contributed by atoms with Crippen LogP contribution in [0.15, 0.2) is 10.6 Å². The molecule has 1 aliphatic heterocycles. The lowest BCUT2D eigenvalue weighted by Crippen LogP contribution is -2.44. The van der Waals surface area contributed by atoms with Crippen LogP contribution in [0.5, 0.6) is 0 Å². The number of ether oxygens (including phenoxy) is 1. The summed E-state index contributed by atoms with van der Waals surface area (Å²) in [5.74, 6) is 1.45. The second kappa shape index (κ2) is 6.58. The second-order valence-electron chi connectivity index (χ2n) is 5.80. The molecule has 2 aromatic heterocycles. The number of nitrogens with zero attached hydrogens (tertiary/aromatic N) is 5. The van der Waals surface area contributed by atoms with E-state index in [9.17, 15) is 0 Å². The van der Waals surface area contributed by atoms with Gasteiger partial charge >= 0.3 is 0 Å². The molecule has 0 aliphatic carbocycles. The van der Waals surface area contributed by atoms with Crippen LogP contribution < -0.4 is 0 Å². The van der Waals surface area contributed by atoms with Crippen LogP contribution in [0.25, 0.3) is 0 Å². The Hall–Kier alpha value is -1.73. The largest absolute Gasteiger partial charge is 0.374 e. The maximum atomic E-state index is 5.87. The van der Waals surface area contributed by atoms with Crippen LogP contribution >= 0.6 is 0 Å². The van der Waals surface area contributed by atoms with Crippen molar-refractivity contribution in [3.8, 4) is 0 Å². The zero-order valence-corrected chi connectivity index (χ0v) is 13.4. The van der Waals surface area contributed by atoms with Crippen molar-refractivity contribution >= 4 is 0 Å². The molecular weight excluding hydrogens is 282 g/mol. The molecule has 1 fully saturated rings. The van der Waals surface area contributed by atoms with E-state index in [1.54, 1.807) is 0 Å². The van der Waals surface area contributed by atoms with Crippen LogP contribution in [0.1, 0.15) is 30.0 Å². The maximum Gasteiger partial charge on any atom is 0.226 e. The number of rotatable bonds is 5. The summed E-state index contributed by atoms with van der Waals surface area (Å²) >= 11 is 0. The maximum absolute atomic E-state index is 5.87. The average molecular weight is 305 g/mol. The fourth-order valence-corrected chi connectivity index (χ4v) is 2.79. The van der Waals surface area contributed by atoms with Crippen LogP contribution in [-0.2, 0) is 24.2 Å². The fourth-order valence-electron chi connectivity index (χ4n) is 2.79. The molecule has 7 heteroatoms. The lowest BCUT2D eigenvalue weighted by molar-refractivity contribution is -0.0413. The monoisotopic (exact) mass is 305 g/mol. The molecule has 3 heterocycles. The Morgan fingerprint density at radius 3 is 2.91 bits per heavy atom. The van der Waals surface area contributed by atoms with Gasteiger partial charge in [0.2, 0.25) is 5.89 Å². The van der Waals surface area contributed by atoms with Crippen molar-refractivity contribution in [2.24, 2.45) is 0 Å². The molecule has 1 saturated heterocycles. The Kier molecular flexibility index (Phi) is 4.54. The molecule has 22 heavy (non-hydrogen) atoms. The topological polar surface area (TPSA) is 69.2 Å². The van der Waals surface area contributed by atoms with Crippen LogP contribution in [0, 0.1) is 13.8 Å². The summed E-state index contributed by atoms with van der Waals surface area (Å²) in [5, 5.41) is 8.53. The van der Waals surface area contributed by atoms with Gasteiger partial charge in [-0.2, -0.15) is 10.1 Å².